The van der Waals surface area contributed by atoms with Gasteiger partial charge in [0, 0.05) is 17.8 Å². The summed E-state index contributed by atoms with van der Waals surface area (Å²) in [6.45, 7) is 1.87. The van der Waals surface area contributed by atoms with Gasteiger partial charge in [0.05, 0.1) is 23.8 Å². The molecule has 0 atom stereocenters. The van der Waals surface area contributed by atoms with Gasteiger partial charge in [-0.25, -0.2) is 4.98 Å². The van der Waals surface area contributed by atoms with Crippen LogP contribution in [0.2, 0.25) is 0 Å². The number of hydrogen-bond acceptors (Lipinski definition) is 7. The van der Waals surface area contributed by atoms with Crippen LogP contribution in [0.1, 0.15) is 11.1 Å². The highest BCUT2D eigenvalue weighted by Gasteiger charge is 2.12. The fourth-order valence-corrected chi connectivity index (χ4v) is 3.03. The molecule has 0 aliphatic rings. The summed E-state index contributed by atoms with van der Waals surface area (Å²) in [5.41, 5.74) is 3.55. The van der Waals surface area contributed by atoms with E-state index in [4.69, 9.17) is 9.15 Å². The Morgan fingerprint density at radius 2 is 1.97 bits per heavy atom. The molecule has 30 heavy (non-hydrogen) atoms. The van der Waals surface area contributed by atoms with Crippen molar-refractivity contribution in [3.8, 4) is 23.0 Å². The predicted octanol–water partition coefficient (Wildman–Crippen LogP) is 4.54. The molecule has 8 heteroatoms. The van der Waals surface area contributed by atoms with E-state index >= 15 is 0 Å². The number of hydrogen-bond donors (Lipinski definition) is 0. The van der Waals surface area contributed by atoms with Gasteiger partial charge in [-0.15, -0.1) is 0 Å². The molecule has 150 valence electrons. The first-order valence-electron chi connectivity index (χ1n) is 9.00. The predicted molar refractivity (Wildman–Crippen MR) is 111 cm³/mol. The topological polar surface area (TPSA) is 114 Å². The molecule has 0 saturated carbocycles. The number of aliphatic imine (C=N–C) groups is 1. The Labute approximate surface area is 171 Å². The Morgan fingerprint density at radius 1 is 1.17 bits per heavy atom. The summed E-state index contributed by atoms with van der Waals surface area (Å²) in [5.74, 6) is -0.0682. The molecule has 4 aromatic rings. The third kappa shape index (κ3) is 3.58. The minimum atomic E-state index is -0.584. The molecule has 0 aliphatic heterocycles. The number of nitro benzene ring substituents is 1. The van der Waals surface area contributed by atoms with Crippen molar-refractivity contribution in [2.45, 2.75) is 6.92 Å². The Kier molecular flexibility index (Phi) is 4.89. The molecule has 0 amide bonds. The highest BCUT2D eigenvalue weighted by Crippen LogP contribution is 2.32. The zero-order valence-electron chi connectivity index (χ0n) is 16.2. The molecular formula is C22H16N3O5-. The Bertz CT molecular complexity index is 1260. The van der Waals surface area contributed by atoms with Crippen LogP contribution < -0.4 is 9.84 Å². The van der Waals surface area contributed by atoms with Crippen LogP contribution in [-0.2, 0) is 0 Å². The van der Waals surface area contributed by atoms with Gasteiger partial charge >= 0.3 is 0 Å². The number of para-hydroxylation sites is 2. The van der Waals surface area contributed by atoms with Crippen LogP contribution in [0.15, 0.2) is 64.0 Å². The van der Waals surface area contributed by atoms with Crippen molar-refractivity contribution in [3.63, 3.8) is 0 Å². The van der Waals surface area contributed by atoms with Crippen molar-refractivity contribution >= 4 is 28.7 Å². The van der Waals surface area contributed by atoms with Crippen LogP contribution >= 0.6 is 0 Å². The van der Waals surface area contributed by atoms with Gasteiger partial charge < -0.3 is 14.3 Å². The SMILES string of the molecule is COc1cc([N+](=O)[O-])cc(C=Nc2ccc(-c3nc4ccccc4o3)cc2C)c1[O-]. The van der Waals surface area contributed by atoms with Crippen molar-refractivity contribution in [1.29, 1.82) is 0 Å². The van der Waals surface area contributed by atoms with E-state index in [2.05, 4.69) is 9.98 Å². The second-order valence-corrected chi connectivity index (χ2v) is 6.57. The molecule has 4 rings (SSSR count). The van der Waals surface area contributed by atoms with Gasteiger partial charge in [-0.1, -0.05) is 17.9 Å². The van der Waals surface area contributed by atoms with Crippen molar-refractivity contribution in [3.05, 3.63) is 75.8 Å². The number of benzene rings is 3. The maximum absolute atomic E-state index is 12.3. The summed E-state index contributed by atoms with van der Waals surface area (Å²) in [7, 11) is 1.29. The second-order valence-electron chi connectivity index (χ2n) is 6.57. The van der Waals surface area contributed by atoms with Crippen molar-refractivity contribution in [1.82, 2.24) is 4.98 Å². The first kappa shape index (κ1) is 19.1. The molecule has 1 heterocycles. The molecule has 0 saturated heterocycles. The van der Waals surface area contributed by atoms with E-state index in [9.17, 15) is 15.2 Å². The van der Waals surface area contributed by atoms with Gasteiger partial charge in [-0.2, -0.15) is 0 Å². The van der Waals surface area contributed by atoms with E-state index in [1.807, 2.05) is 43.3 Å². The molecule has 0 fully saturated rings. The zero-order valence-corrected chi connectivity index (χ0v) is 16.2. The number of ether oxygens (including phenoxy) is 1. The van der Waals surface area contributed by atoms with Crippen LogP contribution in [0.3, 0.4) is 0 Å². The van der Waals surface area contributed by atoms with E-state index in [0.717, 1.165) is 22.7 Å². The lowest BCUT2D eigenvalue weighted by Crippen LogP contribution is -2.02. The van der Waals surface area contributed by atoms with E-state index in [-0.39, 0.29) is 17.0 Å². The highest BCUT2D eigenvalue weighted by molar-refractivity contribution is 5.88. The average Bonchev–Trinajstić information content (AvgIpc) is 3.18. The molecule has 0 aliphatic carbocycles. The van der Waals surface area contributed by atoms with E-state index in [1.54, 1.807) is 6.07 Å². The van der Waals surface area contributed by atoms with Gasteiger partial charge in [0.15, 0.2) is 5.58 Å². The summed E-state index contributed by atoms with van der Waals surface area (Å²) in [4.78, 5) is 19.3. The molecule has 0 spiro atoms. The van der Waals surface area contributed by atoms with Crippen LogP contribution in [0.25, 0.3) is 22.6 Å². The molecule has 0 unspecified atom stereocenters. The Hall–Kier alpha value is -4.20. The van der Waals surface area contributed by atoms with Gasteiger partial charge in [-0.3, -0.25) is 15.1 Å². The Morgan fingerprint density at radius 3 is 2.67 bits per heavy atom. The normalized spacial score (nSPS) is 11.3. The van der Waals surface area contributed by atoms with Crippen molar-refractivity contribution < 1.29 is 19.2 Å². The smallest absolute Gasteiger partial charge is 0.273 e. The minimum absolute atomic E-state index is 0.0727. The number of aromatic nitrogens is 1. The summed E-state index contributed by atoms with van der Waals surface area (Å²) in [6.07, 6.45) is 1.30. The number of nitro groups is 1. The third-order valence-electron chi connectivity index (χ3n) is 4.58. The molecule has 0 bridgehead atoms. The van der Waals surface area contributed by atoms with Crippen molar-refractivity contribution in [2.75, 3.05) is 7.11 Å². The second kappa shape index (κ2) is 7.67. The van der Waals surface area contributed by atoms with Crippen LogP contribution in [0.4, 0.5) is 11.4 Å². The lowest BCUT2D eigenvalue weighted by molar-refractivity contribution is -0.385. The zero-order chi connectivity index (χ0) is 21.3. The van der Waals surface area contributed by atoms with Crippen LogP contribution in [0.5, 0.6) is 11.5 Å². The number of rotatable bonds is 5. The number of aryl methyl sites for hydroxylation is 1. The van der Waals surface area contributed by atoms with Crippen LogP contribution in [0, 0.1) is 17.0 Å². The van der Waals surface area contributed by atoms with Gasteiger partial charge in [0.2, 0.25) is 5.89 Å². The van der Waals surface area contributed by atoms with Gasteiger partial charge in [0.25, 0.3) is 5.69 Å². The van der Waals surface area contributed by atoms with Gasteiger partial charge in [0.1, 0.15) is 11.3 Å². The monoisotopic (exact) mass is 402 g/mol. The molecule has 3 aromatic carbocycles. The fraction of sp³-hybridized carbons (Fsp3) is 0.0909. The summed E-state index contributed by atoms with van der Waals surface area (Å²) < 4.78 is 10.7. The Balaban J connectivity index is 1.66. The summed E-state index contributed by atoms with van der Waals surface area (Å²) in [5, 5.41) is 23.4. The average molecular weight is 402 g/mol. The number of methoxy groups -OCH3 is 1. The quantitative estimate of drug-likeness (QED) is 0.275. The molecule has 0 N–H and O–H groups in total. The number of nitrogens with zero attached hydrogens (tertiary/aromatic N) is 3. The standard InChI is InChI=1S/C22H17N3O5/c1-13-9-14(22-24-18-5-3-4-6-19(18)30-22)7-8-17(13)23-12-15-10-16(25(27)28)11-20(29-2)21(15)26/h3-12,26H,1-2H3/p-1. The molecule has 0 radical (unpaired) electrons. The molecular weight excluding hydrogens is 386 g/mol. The third-order valence-corrected chi connectivity index (χ3v) is 4.58. The van der Waals surface area contributed by atoms with E-state index in [1.165, 1.54) is 19.4 Å². The minimum Gasteiger partial charge on any atom is -0.870 e. The van der Waals surface area contributed by atoms with Gasteiger partial charge in [-0.05, 0) is 48.4 Å². The van der Waals surface area contributed by atoms with E-state index in [0.29, 0.717) is 17.2 Å². The molecule has 1 aromatic heterocycles. The van der Waals surface area contributed by atoms with Crippen molar-refractivity contribution in [2.24, 2.45) is 4.99 Å². The van der Waals surface area contributed by atoms with Crippen LogP contribution in [-0.4, -0.2) is 23.2 Å². The van der Waals surface area contributed by atoms with E-state index < -0.39 is 10.7 Å². The number of fused-ring (bicyclic) bond motifs is 1. The fourth-order valence-electron chi connectivity index (χ4n) is 3.03. The maximum Gasteiger partial charge on any atom is 0.273 e. The summed E-state index contributed by atoms with van der Waals surface area (Å²) in [6, 6.07) is 15.2. The number of non-ortho nitro benzene ring substituents is 1. The number of oxazole rings is 1. The first-order valence-corrected chi connectivity index (χ1v) is 9.00. The maximum atomic E-state index is 12.3. The highest BCUT2D eigenvalue weighted by atomic mass is 16.6. The lowest BCUT2D eigenvalue weighted by atomic mass is 10.1. The molecule has 8 nitrogen and oxygen atoms in total. The first-order chi connectivity index (χ1) is 14.5. The lowest BCUT2D eigenvalue weighted by Gasteiger charge is -2.15. The largest absolute Gasteiger partial charge is 0.870 e. The summed E-state index contributed by atoms with van der Waals surface area (Å²) >= 11 is 0.